The maximum absolute atomic E-state index is 4.93. The molecule has 0 N–H and O–H groups in total. The van der Waals surface area contributed by atoms with E-state index in [1.165, 1.54) is 51.4 Å². The van der Waals surface area contributed by atoms with Crippen LogP contribution in [0.1, 0.15) is 51.4 Å². The fourth-order valence-corrected chi connectivity index (χ4v) is 7.86. The molecule has 0 aromatic carbocycles. The van der Waals surface area contributed by atoms with Gasteiger partial charge in [0.25, 0.3) is 0 Å². The summed E-state index contributed by atoms with van der Waals surface area (Å²) in [7, 11) is 8.42. The van der Waals surface area contributed by atoms with E-state index >= 15 is 0 Å². The zero-order valence-corrected chi connectivity index (χ0v) is 21.0. The van der Waals surface area contributed by atoms with E-state index in [2.05, 4.69) is 39.3 Å². The first-order valence-corrected chi connectivity index (χ1v) is 22.1. The molecule has 0 atom stereocenters. The molecule has 2 fully saturated rings. The molecular weight excluding hydrogens is 410 g/mol. The van der Waals surface area contributed by atoms with Crippen LogP contribution in [0.2, 0.25) is 50.4 Å². The molecule has 0 bridgehead atoms. The summed E-state index contributed by atoms with van der Waals surface area (Å²) in [5.41, 5.74) is 2.30. The molecule has 0 spiro atoms. The Kier molecular flexibility index (Phi) is 12.5. The van der Waals surface area contributed by atoms with Gasteiger partial charge in [-0.1, -0.05) is 90.6 Å². The van der Waals surface area contributed by atoms with E-state index in [0.29, 0.717) is 0 Å². The van der Waals surface area contributed by atoms with E-state index in [4.69, 9.17) is 17.0 Å². The summed E-state index contributed by atoms with van der Waals surface area (Å²) in [5, 5.41) is 0. The van der Waals surface area contributed by atoms with Gasteiger partial charge in [0.05, 0.1) is 0 Å². The Hall–Kier alpha value is 1.90. The molecule has 0 saturated heterocycles. The van der Waals surface area contributed by atoms with Gasteiger partial charge in [-0.3, -0.25) is 0 Å². The molecule has 0 aromatic rings. The SMILES string of the molecule is C[Si](C)(C)C1CCCC1.C[Si](C)(C)C1CCCC1.[Cl][Zr][Cl]. The molecule has 0 aromatic heterocycles. The number of hydrogen-bond donors (Lipinski definition) is 0. The van der Waals surface area contributed by atoms with E-state index in [9.17, 15) is 0 Å². The first-order chi connectivity index (χ1) is 9.62. The second kappa shape index (κ2) is 11.5. The van der Waals surface area contributed by atoms with Crippen LogP contribution in [0.3, 0.4) is 0 Å². The van der Waals surface area contributed by atoms with Crippen molar-refractivity contribution in [3.8, 4) is 0 Å². The molecule has 126 valence electrons. The Labute approximate surface area is 154 Å². The monoisotopic (exact) mass is 444 g/mol. The van der Waals surface area contributed by atoms with Gasteiger partial charge in [0.1, 0.15) is 0 Å². The van der Waals surface area contributed by atoms with Crippen LogP contribution in [-0.4, -0.2) is 16.1 Å². The molecule has 0 nitrogen and oxygen atoms in total. The average molecular weight is 447 g/mol. The third kappa shape index (κ3) is 11.1. The van der Waals surface area contributed by atoms with Gasteiger partial charge in [-0.05, 0) is 11.1 Å². The molecule has 2 aliphatic carbocycles. The topological polar surface area (TPSA) is 0 Å². The van der Waals surface area contributed by atoms with Crippen molar-refractivity contribution in [1.29, 1.82) is 0 Å². The van der Waals surface area contributed by atoms with Crippen LogP contribution in [0.25, 0.3) is 0 Å². The first-order valence-electron chi connectivity index (χ1n) is 8.59. The van der Waals surface area contributed by atoms with Crippen molar-refractivity contribution in [3.05, 3.63) is 0 Å². The molecule has 2 aliphatic rings. The molecular formula is C16H36Cl2Si2Zr. The van der Waals surface area contributed by atoms with Gasteiger partial charge in [0, 0.05) is 16.1 Å². The van der Waals surface area contributed by atoms with Crippen molar-refractivity contribution in [2.24, 2.45) is 0 Å². The van der Waals surface area contributed by atoms with E-state index in [1.54, 1.807) is 0 Å². The molecule has 0 amide bonds. The van der Waals surface area contributed by atoms with Crippen LogP contribution in [0, 0.1) is 0 Å². The Morgan fingerprint density at radius 1 is 0.619 bits per heavy atom. The summed E-state index contributed by atoms with van der Waals surface area (Å²) in [4.78, 5) is 0. The predicted molar refractivity (Wildman–Crippen MR) is 103 cm³/mol. The van der Waals surface area contributed by atoms with Crippen molar-refractivity contribution in [1.82, 2.24) is 0 Å². The van der Waals surface area contributed by atoms with Crippen molar-refractivity contribution in [2.75, 3.05) is 0 Å². The zero-order chi connectivity index (χ0) is 16.5. The standard InChI is InChI=1S/2C8H18Si.2ClH.Zr/c2*1-9(2,3)8-6-4-5-7-8;;;/h2*8H,4-7H2,1-3H3;2*1H;/q;;;;+2/p-2. The fourth-order valence-electron chi connectivity index (χ4n) is 3.58. The molecule has 2 rings (SSSR count). The molecule has 2 saturated carbocycles. The summed E-state index contributed by atoms with van der Waals surface area (Å²) in [5.74, 6) is 0. The van der Waals surface area contributed by atoms with Crippen LogP contribution in [0.4, 0.5) is 0 Å². The van der Waals surface area contributed by atoms with Crippen LogP contribution in [0.15, 0.2) is 0 Å². The molecule has 21 heavy (non-hydrogen) atoms. The van der Waals surface area contributed by atoms with Gasteiger partial charge in [-0.25, -0.2) is 0 Å². The predicted octanol–water partition coefficient (Wildman–Crippen LogP) is 7.91. The van der Waals surface area contributed by atoms with Gasteiger partial charge >= 0.3 is 37.9 Å². The minimum absolute atomic E-state index is 0.724. The maximum atomic E-state index is 4.93. The van der Waals surface area contributed by atoms with E-state index in [0.717, 1.165) is 11.1 Å². The fraction of sp³-hybridized carbons (Fsp3) is 1.00. The Balaban J connectivity index is 0.000000322. The average Bonchev–Trinajstić information content (AvgIpc) is 3.03. The van der Waals surface area contributed by atoms with Crippen molar-refractivity contribution >= 4 is 33.2 Å². The minimum atomic E-state index is -0.826. The normalized spacial score (nSPS) is 20.4. The molecule has 0 aliphatic heterocycles. The van der Waals surface area contributed by atoms with Gasteiger partial charge in [0.15, 0.2) is 0 Å². The number of rotatable bonds is 2. The Morgan fingerprint density at radius 3 is 0.905 bits per heavy atom. The Morgan fingerprint density at radius 2 is 0.810 bits per heavy atom. The van der Waals surface area contributed by atoms with Gasteiger partial charge in [-0.15, -0.1) is 0 Å². The first kappa shape index (κ1) is 22.9. The quantitative estimate of drug-likeness (QED) is 0.378. The van der Waals surface area contributed by atoms with Crippen molar-refractivity contribution < 1.29 is 20.8 Å². The van der Waals surface area contributed by atoms with Crippen molar-refractivity contribution in [3.63, 3.8) is 0 Å². The van der Waals surface area contributed by atoms with E-state index in [-0.39, 0.29) is 0 Å². The summed E-state index contributed by atoms with van der Waals surface area (Å²) >= 11 is -0.826. The van der Waals surface area contributed by atoms with Crippen LogP contribution < -0.4 is 0 Å². The third-order valence-corrected chi connectivity index (χ3v) is 11.2. The summed E-state index contributed by atoms with van der Waals surface area (Å²) in [6.07, 6.45) is 12.2. The summed E-state index contributed by atoms with van der Waals surface area (Å²) in [6, 6.07) is 0. The van der Waals surface area contributed by atoms with Crippen LogP contribution in [-0.2, 0) is 20.8 Å². The zero-order valence-electron chi connectivity index (χ0n) is 15.1. The van der Waals surface area contributed by atoms with Gasteiger partial charge in [0.2, 0.25) is 0 Å². The molecule has 0 heterocycles. The number of hydrogen-bond acceptors (Lipinski definition) is 0. The summed E-state index contributed by atoms with van der Waals surface area (Å²) < 4.78 is 0. The molecule has 5 heteroatoms. The van der Waals surface area contributed by atoms with Gasteiger partial charge < -0.3 is 0 Å². The summed E-state index contributed by atoms with van der Waals surface area (Å²) in [6.45, 7) is 15.0. The van der Waals surface area contributed by atoms with E-state index < -0.39 is 37.0 Å². The third-order valence-electron chi connectivity index (χ3n) is 5.16. The van der Waals surface area contributed by atoms with Crippen LogP contribution in [0.5, 0.6) is 0 Å². The van der Waals surface area contributed by atoms with Crippen molar-refractivity contribution in [2.45, 2.75) is 102 Å². The van der Waals surface area contributed by atoms with Crippen LogP contribution >= 0.6 is 17.0 Å². The second-order valence-electron chi connectivity index (χ2n) is 8.77. The number of halogens is 2. The van der Waals surface area contributed by atoms with Gasteiger partial charge in [-0.2, -0.15) is 0 Å². The van der Waals surface area contributed by atoms with E-state index in [1.807, 2.05) is 0 Å². The molecule has 0 unspecified atom stereocenters. The Bertz CT molecular complexity index is 224. The molecule has 0 radical (unpaired) electrons. The second-order valence-corrected chi connectivity index (χ2v) is 23.6.